The molecule has 0 aromatic carbocycles. The number of carboxylic acids is 1. The lowest BCUT2D eigenvalue weighted by Gasteiger charge is -2.01. The second-order valence-electron chi connectivity index (χ2n) is 6.44. The van der Waals surface area contributed by atoms with Crippen molar-refractivity contribution in [2.75, 3.05) is 0 Å². The van der Waals surface area contributed by atoms with E-state index in [-0.39, 0.29) is 0 Å². The first-order valence-corrected chi connectivity index (χ1v) is 9.64. The first kappa shape index (κ1) is 21.2. The molecule has 0 spiro atoms. The third-order valence-electron chi connectivity index (χ3n) is 4.15. The van der Waals surface area contributed by atoms with E-state index in [2.05, 4.69) is 19.1 Å². The van der Waals surface area contributed by atoms with Gasteiger partial charge in [-0.05, 0) is 32.1 Å². The van der Waals surface area contributed by atoms with Gasteiger partial charge in [0.25, 0.3) is 0 Å². The van der Waals surface area contributed by atoms with Gasteiger partial charge in [0.05, 0.1) is 0 Å². The maximum Gasteiger partial charge on any atom is 0.303 e. The zero-order valence-corrected chi connectivity index (χ0v) is 14.8. The van der Waals surface area contributed by atoms with Crippen molar-refractivity contribution >= 4 is 5.97 Å². The molecule has 0 saturated heterocycles. The summed E-state index contributed by atoms with van der Waals surface area (Å²) in [7, 11) is 0. The Labute approximate surface area is 138 Å². The Morgan fingerprint density at radius 1 is 0.682 bits per heavy atom. The molecule has 0 aliphatic heterocycles. The van der Waals surface area contributed by atoms with Crippen molar-refractivity contribution in [2.45, 2.75) is 110 Å². The van der Waals surface area contributed by atoms with Gasteiger partial charge in [0.1, 0.15) is 0 Å². The van der Waals surface area contributed by atoms with Gasteiger partial charge in [-0.3, -0.25) is 4.79 Å². The van der Waals surface area contributed by atoms with Crippen molar-refractivity contribution in [2.24, 2.45) is 0 Å². The first-order valence-electron chi connectivity index (χ1n) is 9.64. The standard InChI is InChI=1S/C20H38O2/c1-2-3-4-5-6-7-8-9-10-11-12-13-14-15-16-17-18-19-20(21)22/h14-15H,2-13,16-19H2,1H3,(H,21,22)/b15-14+. The van der Waals surface area contributed by atoms with Gasteiger partial charge in [0, 0.05) is 6.42 Å². The molecule has 0 aromatic rings. The van der Waals surface area contributed by atoms with E-state index in [0.29, 0.717) is 6.42 Å². The molecule has 0 unspecified atom stereocenters. The summed E-state index contributed by atoms with van der Waals surface area (Å²) in [5, 5.41) is 8.52. The minimum absolute atomic E-state index is 0.312. The average molecular weight is 311 g/mol. The summed E-state index contributed by atoms with van der Waals surface area (Å²) in [5.41, 5.74) is 0. The van der Waals surface area contributed by atoms with Gasteiger partial charge in [-0.1, -0.05) is 83.3 Å². The lowest BCUT2D eigenvalue weighted by Crippen LogP contribution is -1.92. The number of allylic oxidation sites excluding steroid dienone is 2. The fourth-order valence-electron chi connectivity index (χ4n) is 2.70. The van der Waals surface area contributed by atoms with Crippen molar-refractivity contribution in [3.8, 4) is 0 Å². The molecule has 0 atom stereocenters. The third kappa shape index (κ3) is 19.2. The Morgan fingerprint density at radius 3 is 1.55 bits per heavy atom. The third-order valence-corrected chi connectivity index (χ3v) is 4.15. The summed E-state index contributed by atoms with van der Waals surface area (Å²) < 4.78 is 0. The highest BCUT2D eigenvalue weighted by Crippen LogP contribution is 2.12. The van der Waals surface area contributed by atoms with Gasteiger partial charge >= 0.3 is 5.97 Å². The summed E-state index contributed by atoms with van der Waals surface area (Å²) in [6.07, 6.45) is 24.2. The van der Waals surface area contributed by atoms with Crippen molar-refractivity contribution in [3.63, 3.8) is 0 Å². The van der Waals surface area contributed by atoms with Crippen molar-refractivity contribution < 1.29 is 9.90 Å². The lowest BCUT2D eigenvalue weighted by atomic mass is 10.1. The molecular weight excluding hydrogens is 272 g/mol. The van der Waals surface area contributed by atoms with Crippen molar-refractivity contribution in [3.05, 3.63) is 12.2 Å². The molecule has 0 aliphatic carbocycles. The Kier molecular flexibility index (Phi) is 17.6. The quantitative estimate of drug-likeness (QED) is 0.234. The molecule has 0 fully saturated rings. The Bertz CT molecular complexity index is 258. The largest absolute Gasteiger partial charge is 0.481 e. The summed E-state index contributed by atoms with van der Waals surface area (Å²) in [5.74, 6) is -0.676. The zero-order valence-electron chi connectivity index (χ0n) is 14.8. The van der Waals surface area contributed by atoms with Crippen molar-refractivity contribution in [1.29, 1.82) is 0 Å². The first-order chi connectivity index (χ1) is 10.8. The van der Waals surface area contributed by atoms with Crippen LogP contribution in [0.25, 0.3) is 0 Å². The molecular formula is C20H38O2. The van der Waals surface area contributed by atoms with Crippen molar-refractivity contribution in [1.82, 2.24) is 0 Å². The van der Waals surface area contributed by atoms with Crippen LogP contribution in [0.1, 0.15) is 110 Å². The van der Waals surface area contributed by atoms with Crippen LogP contribution < -0.4 is 0 Å². The number of carbonyl (C=O) groups is 1. The van der Waals surface area contributed by atoms with E-state index < -0.39 is 5.97 Å². The lowest BCUT2D eigenvalue weighted by molar-refractivity contribution is -0.137. The SMILES string of the molecule is CCCCCCCCCCCCC/C=C/CCCCC(=O)O. The van der Waals surface area contributed by atoms with E-state index in [9.17, 15) is 4.79 Å². The van der Waals surface area contributed by atoms with Crippen LogP contribution in [0.5, 0.6) is 0 Å². The van der Waals surface area contributed by atoms with Crippen LogP contribution in [0.3, 0.4) is 0 Å². The van der Waals surface area contributed by atoms with E-state index in [1.54, 1.807) is 0 Å². The molecule has 0 aliphatic rings. The van der Waals surface area contributed by atoms with Crippen LogP contribution in [0, 0.1) is 0 Å². The van der Waals surface area contributed by atoms with Gasteiger partial charge in [-0.2, -0.15) is 0 Å². The Balaban J connectivity index is 3.06. The molecule has 130 valence electrons. The molecule has 0 radical (unpaired) electrons. The summed E-state index contributed by atoms with van der Waals surface area (Å²) in [4.78, 5) is 10.3. The molecule has 0 saturated carbocycles. The molecule has 2 nitrogen and oxygen atoms in total. The highest BCUT2D eigenvalue weighted by Gasteiger charge is 1.94. The molecule has 2 heteroatoms. The van der Waals surface area contributed by atoms with E-state index in [1.165, 1.54) is 77.0 Å². The minimum atomic E-state index is -0.676. The Hall–Kier alpha value is -0.790. The topological polar surface area (TPSA) is 37.3 Å². The number of aliphatic carboxylic acids is 1. The van der Waals surface area contributed by atoms with E-state index in [0.717, 1.165) is 19.3 Å². The Morgan fingerprint density at radius 2 is 1.09 bits per heavy atom. The second-order valence-corrected chi connectivity index (χ2v) is 6.44. The number of hydrogen-bond acceptors (Lipinski definition) is 1. The fraction of sp³-hybridized carbons (Fsp3) is 0.850. The second kappa shape index (κ2) is 18.3. The summed E-state index contributed by atoms with van der Waals surface area (Å²) >= 11 is 0. The fourth-order valence-corrected chi connectivity index (χ4v) is 2.70. The van der Waals surface area contributed by atoms with Gasteiger partial charge in [0.15, 0.2) is 0 Å². The number of rotatable bonds is 17. The van der Waals surface area contributed by atoms with Crippen LogP contribution >= 0.6 is 0 Å². The predicted molar refractivity (Wildman–Crippen MR) is 96.3 cm³/mol. The maximum absolute atomic E-state index is 10.3. The summed E-state index contributed by atoms with van der Waals surface area (Å²) in [6, 6.07) is 0. The molecule has 0 heterocycles. The molecule has 22 heavy (non-hydrogen) atoms. The molecule has 0 bridgehead atoms. The van der Waals surface area contributed by atoms with Gasteiger partial charge in [0.2, 0.25) is 0 Å². The smallest absolute Gasteiger partial charge is 0.303 e. The molecule has 0 rings (SSSR count). The van der Waals surface area contributed by atoms with Gasteiger partial charge in [-0.25, -0.2) is 0 Å². The molecule has 1 N–H and O–H groups in total. The minimum Gasteiger partial charge on any atom is -0.481 e. The van der Waals surface area contributed by atoms with E-state index >= 15 is 0 Å². The van der Waals surface area contributed by atoms with E-state index in [4.69, 9.17) is 5.11 Å². The van der Waals surface area contributed by atoms with Crippen LogP contribution in [-0.4, -0.2) is 11.1 Å². The predicted octanol–water partition coefficient (Wildman–Crippen LogP) is 6.89. The normalized spacial score (nSPS) is 11.3. The molecule has 0 aromatic heterocycles. The summed E-state index contributed by atoms with van der Waals surface area (Å²) in [6.45, 7) is 2.27. The number of hydrogen-bond donors (Lipinski definition) is 1. The van der Waals surface area contributed by atoms with E-state index in [1.807, 2.05) is 0 Å². The highest BCUT2D eigenvalue weighted by molar-refractivity contribution is 5.66. The van der Waals surface area contributed by atoms with Gasteiger partial charge in [-0.15, -0.1) is 0 Å². The average Bonchev–Trinajstić information content (AvgIpc) is 2.50. The number of unbranched alkanes of at least 4 members (excludes halogenated alkanes) is 13. The van der Waals surface area contributed by atoms with Crippen LogP contribution in [0.15, 0.2) is 12.2 Å². The van der Waals surface area contributed by atoms with Crippen LogP contribution in [0.4, 0.5) is 0 Å². The van der Waals surface area contributed by atoms with Crippen LogP contribution in [0.2, 0.25) is 0 Å². The van der Waals surface area contributed by atoms with Crippen LogP contribution in [-0.2, 0) is 4.79 Å². The maximum atomic E-state index is 10.3. The zero-order chi connectivity index (χ0) is 16.3. The monoisotopic (exact) mass is 310 g/mol. The molecule has 0 amide bonds. The number of carboxylic acid groups (broad SMARTS) is 1. The van der Waals surface area contributed by atoms with Gasteiger partial charge < -0.3 is 5.11 Å². The highest BCUT2D eigenvalue weighted by atomic mass is 16.4.